The van der Waals surface area contributed by atoms with Gasteiger partial charge in [0.15, 0.2) is 0 Å². The van der Waals surface area contributed by atoms with Gasteiger partial charge >= 0.3 is 5.97 Å². The van der Waals surface area contributed by atoms with Crippen molar-refractivity contribution < 1.29 is 9.90 Å². The molecule has 0 bridgehead atoms. The summed E-state index contributed by atoms with van der Waals surface area (Å²) < 4.78 is 1.99. The molecule has 0 amide bonds. The van der Waals surface area contributed by atoms with Gasteiger partial charge in [-0.05, 0) is 24.4 Å². The summed E-state index contributed by atoms with van der Waals surface area (Å²) in [4.78, 5) is 15.0. The van der Waals surface area contributed by atoms with Crippen molar-refractivity contribution in [1.29, 1.82) is 0 Å². The molecule has 0 unspecified atom stereocenters. The standard InChI is InChI=1S/C9H9ClN2O2S/c10-7-5-11-8(4-6(7)9(13)14)12-2-1-3-15-12/h4-5H,1-3H2,(H,13,14). The minimum atomic E-state index is -1.02. The molecule has 2 heterocycles. The Morgan fingerprint density at radius 2 is 2.47 bits per heavy atom. The largest absolute Gasteiger partial charge is 0.478 e. The number of rotatable bonds is 2. The van der Waals surface area contributed by atoms with Crippen molar-refractivity contribution in [3.63, 3.8) is 0 Å². The number of aromatic carboxylic acids is 1. The normalized spacial score (nSPS) is 15.7. The molecule has 0 aromatic carbocycles. The van der Waals surface area contributed by atoms with Crippen molar-refractivity contribution in [2.45, 2.75) is 6.42 Å². The van der Waals surface area contributed by atoms with E-state index in [4.69, 9.17) is 16.7 Å². The third kappa shape index (κ3) is 2.18. The molecular weight excluding hydrogens is 236 g/mol. The van der Waals surface area contributed by atoms with E-state index in [9.17, 15) is 4.79 Å². The Morgan fingerprint density at radius 3 is 3.07 bits per heavy atom. The van der Waals surface area contributed by atoms with Crippen LogP contribution in [-0.2, 0) is 0 Å². The van der Waals surface area contributed by atoms with Crippen LogP contribution in [0.15, 0.2) is 12.3 Å². The monoisotopic (exact) mass is 244 g/mol. The van der Waals surface area contributed by atoms with E-state index in [1.807, 2.05) is 4.31 Å². The molecule has 4 nitrogen and oxygen atoms in total. The maximum Gasteiger partial charge on any atom is 0.337 e. The summed E-state index contributed by atoms with van der Waals surface area (Å²) in [5, 5.41) is 9.07. The van der Waals surface area contributed by atoms with Gasteiger partial charge in [0.2, 0.25) is 0 Å². The highest BCUT2D eigenvalue weighted by Crippen LogP contribution is 2.28. The minimum Gasteiger partial charge on any atom is -0.478 e. The quantitative estimate of drug-likeness (QED) is 0.809. The van der Waals surface area contributed by atoms with Crippen molar-refractivity contribution in [3.05, 3.63) is 22.8 Å². The van der Waals surface area contributed by atoms with E-state index in [-0.39, 0.29) is 10.6 Å². The van der Waals surface area contributed by atoms with Crippen molar-refractivity contribution in [2.24, 2.45) is 0 Å². The lowest BCUT2D eigenvalue weighted by Gasteiger charge is -2.14. The first-order valence-electron chi connectivity index (χ1n) is 4.48. The summed E-state index contributed by atoms with van der Waals surface area (Å²) in [5.41, 5.74) is 0.106. The fourth-order valence-electron chi connectivity index (χ4n) is 1.36. The zero-order chi connectivity index (χ0) is 10.8. The number of pyridine rings is 1. The van der Waals surface area contributed by atoms with Crippen molar-refractivity contribution >= 4 is 35.3 Å². The fourth-order valence-corrected chi connectivity index (χ4v) is 2.51. The van der Waals surface area contributed by atoms with Crippen LogP contribution in [0.25, 0.3) is 0 Å². The zero-order valence-electron chi connectivity index (χ0n) is 7.81. The maximum absolute atomic E-state index is 10.9. The van der Waals surface area contributed by atoms with Crippen LogP contribution >= 0.6 is 23.5 Å². The SMILES string of the molecule is O=C(O)c1cc(N2CCCS2)ncc1Cl. The van der Waals surface area contributed by atoms with Crippen LogP contribution in [0.1, 0.15) is 16.8 Å². The molecule has 1 aromatic rings. The molecule has 1 fully saturated rings. The van der Waals surface area contributed by atoms with Gasteiger partial charge < -0.3 is 9.41 Å². The van der Waals surface area contributed by atoms with E-state index in [0.29, 0.717) is 5.82 Å². The van der Waals surface area contributed by atoms with Crippen molar-refractivity contribution in [2.75, 3.05) is 16.6 Å². The molecule has 15 heavy (non-hydrogen) atoms. The molecule has 0 saturated carbocycles. The van der Waals surface area contributed by atoms with Gasteiger partial charge in [-0.1, -0.05) is 11.6 Å². The highest BCUT2D eigenvalue weighted by atomic mass is 35.5. The third-order valence-electron chi connectivity index (χ3n) is 2.08. The first-order chi connectivity index (χ1) is 7.18. The maximum atomic E-state index is 10.9. The van der Waals surface area contributed by atoms with E-state index in [1.54, 1.807) is 11.9 Å². The number of hydrogen-bond donors (Lipinski definition) is 1. The van der Waals surface area contributed by atoms with Gasteiger partial charge in [0.25, 0.3) is 0 Å². The lowest BCUT2D eigenvalue weighted by Crippen LogP contribution is -2.12. The molecule has 1 N–H and O–H groups in total. The number of carbonyl (C=O) groups is 1. The molecule has 0 spiro atoms. The summed E-state index contributed by atoms with van der Waals surface area (Å²) in [5.74, 6) is 0.694. The molecule has 80 valence electrons. The number of aromatic nitrogens is 1. The van der Waals surface area contributed by atoms with Crippen LogP contribution in [0.3, 0.4) is 0 Å². The van der Waals surface area contributed by atoms with Crippen LogP contribution in [0.5, 0.6) is 0 Å². The smallest absolute Gasteiger partial charge is 0.337 e. The Hall–Kier alpha value is -0.940. The van der Waals surface area contributed by atoms with Gasteiger partial charge in [-0.3, -0.25) is 0 Å². The minimum absolute atomic E-state index is 0.106. The number of hydrogen-bond acceptors (Lipinski definition) is 4. The summed E-state index contributed by atoms with van der Waals surface area (Å²) >= 11 is 7.39. The van der Waals surface area contributed by atoms with Gasteiger partial charge in [0.05, 0.1) is 10.6 Å². The second-order valence-electron chi connectivity index (χ2n) is 3.12. The number of anilines is 1. The first-order valence-corrected chi connectivity index (χ1v) is 5.80. The molecule has 1 aliphatic heterocycles. The Kier molecular flexibility index (Phi) is 3.02. The van der Waals surface area contributed by atoms with Gasteiger partial charge in [-0.2, -0.15) is 0 Å². The molecule has 0 radical (unpaired) electrons. The Bertz CT molecular complexity index is 394. The molecular formula is C9H9ClN2O2S. The van der Waals surface area contributed by atoms with E-state index < -0.39 is 5.97 Å². The van der Waals surface area contributed by atoms with E-state index in [1.165, 1.54) is 12.3 Å². The van der Waals surface area contributed by atoms with E-state index in [0.717, 1.165) is 18.7 Å². The summed E-state index contributed by atoms with van der Waals surface area (Å²) in [6, 6.07) is 1.52. The average molecular weight is 245 g/mol. The average Bonchev–Trinajstić information content (AvgIpc) is 2.71. The Labute approximate surface area is 96.4 Å². The lowest BCUT2D eigenvalue weighted by atomic mass is 10.2. The van der Waals surface area contributed by atoms with E-state index >= 15 is 0 Å². The number of carboxylic acids is 1. The second-order valence-corrected chi connectivity index (χ2v) is 4.63. The zero-order valence-corrected chi connectivity index (χ0v) is 9.38. The number of nitrogens with zero attached hydrogens (tertiary/aromatic N) is 2. The highest BCUT2D eigenvalue weighted by molar-refractivity contribution is 8.00. The topological polar surface area (TPSA) is 53.4 Å². The molecule has 0 atom stereocenters. The fraction of sp³-hybridized carbons (Fsp3) is 0.333. The third-order valence-corrected chi connectivity index (χ3v) is 3.53. The summed E-state index contributed by atoms with van der Waals surface area (Å²) in [6.07, 6.45) is 2.48. The van der Waals surface area contributed by atoms with Crippen LogP contribution in [-0.4, -0.2) is 28.4 Å². The molecule has 1 aromatic heterocycles. The number of halogens is 1. The molecule has 1 aliphatic rings. The van der Waals surface area contributed by atoms with Crippen molar-refractivity contribution in [1.82, 2.24) is 4.98 Å². The molecule has 1 saturated heterocycles. The van der Waals surface area contributed by atoms with Crippen LogP contribution in [0.2, 0.25) is 5.02 Å². The molecule has 0 aliphatic carbocycles. The van der Waals surface area contributed by atoms with Crippen LogP contribution in [0, 0.1) is 0 Å². The second kappa shape index (κ2) is 4.28. The van der Waals surface area contributed by atoms with Crippen molar-refractivity contribution in [3.8, 4) is 0 Å². The molecule has 6 heteroatoms. The predicted molar refractivity (Wildman–Crippen MR) is 60.6 cm³/mol. The summed E-state index contributed by atoms with van der Waals surface area (Å²) in [7, 11) is 0. The van der Waals surface area contributed by atoms with Gasteiger partial charge in [0, 0.05) is 18.5 Å². The van der Waals surface area contributed by atoms with Crippen LogP contribution < -0.4 is 4.31 Å². The van der Waals surface area contributed by atoms with Gasteiger partial charge in [-0.25, -0.2) is 9.78 Å². The van der Waals surface area contributed by atoms with E-state index in [2.05, 4.69) is 4.98 Å². The van der Waals surface area contributed by atoms with Gasteiger partial charge in [-0.15, -0.1) is 0 Å². The highest BCUT2D eigenvalue weighted by Gasteiger charge is 2.17. The van der Waals surface area contributed by atoms with Gasteiger partial charge in [0.1, 0.15) is 5.82 Å². The number of carboxylic acid groups (broad SMARTS) is 1. The summed E-state index contributed by atoms with van der Waals surface area (Å²) in [6.45, 7) is 0.901. The first kappa shape index (κ1) is 10.6. The lowest BCUT2D eigenvalue weighted by molar-refractivity contribution is 0.0697. The Balaban J connectivity index is 2.33. The predicted octanol–water partition coefficient (Wildman–Crippen LogP) is 2.29. The Morgan fingerprint density at radius 1 is 1.67 bits per heavy atom. The molecule has 2 rings (SSSR count). The van der Waals surface area contributed by atoms with Crippen LogP contribution in [0.4, 0.5) is 5.82 Å².